The molecule has 1 spiro atoms. The van der Waals surface area contributed by atoms with E-state index in [1.54, 1.807) is 0 Å². The van der Waals surface area contributed by atoms with Gasteiger partial charge >= 0.3 is 5.97 Å². The summed E-state index contributed by atoms with van der Waals surface area (Å²) in [6.07, 6.45) is 4.53. The molecule has 1 saturated carbocycles. The number of aliphatic hydroxyl groups is 1. The predicted molar refractivity (Wildman–Crippen MR) is 98.1 cm³/mol. The third-order valence-corrected chi connectivity index (χ3v) is 5.42. The summed E-state index contributed by atoms with van der Waals surface area (Å²) < 4.78 is 5.66. The molecule has 0 unspecified atom stereocenters. The second-order valence-corrected chi connectivity index (χ2v) is 7.06. The second-order valence-electron chi connectivity index (χ2n) is 7.06. The highest BCUT2D eigenvalue weighted by molar-refractivity contribution is 6.19. The van der Waals surface area contributed by atoms with Crippen molar-refractivity contribution in [1.82, 2.24) is 0 Å². The van der Waals surface area contributed by atoms with Gasteiger partial charge in [0.1, 0.15) is 5.57 Å². The number of esters is 1. The van der Waals surface area contributed by atoms with E-state index in [1.807, 2.05) is 43.3 Å². The van der Waals surface area contributed by atoms with Crippen molar-refractivity contribution in [2.75, 3.05) is 0 Å². The number of carbonyl (C=O) groups excluding carboxylic acids is 1. The first kappa shape index (κ1) is 15.9. The van der Waals surface area contributed by atoms with Crippen molar-refractivity contribution in [3.63, 3.8) is 0 Å². The van der Waals surface area contributed by atoms with E-state index in [9.17, 15) is 9.90 Å². The summed E-state index contributed by atoms with van der Waals surface area (Å²) in [4.78, 5) is 12.5. The first-order valence-electron chi connectivity index (χ1n) is 8.94. The van der Waals surface area contributed by atoms with Gasteiger partial charge in [0.2, 0.25) is 0 Å². The van der Waals surface area contributed by atoms with Crippen LogP contribution in [0.4, 0.5) is 0 Å². The normalized spacial score (nSPS) is 19.3. The Labute approximate surface area is 148 Å². The molecule has 2 aromatic carbocycles. The van der Waals surface area contributed by atoms with Crippen molar-refractivity contribution >= 4 is 11.5 Å². The SMILES string of the molecule is Cc1cc(C2=C(O)C3(CCCCC3)OC2=O)ccc1-c1ccccc1. The number of rotatable bonds is 2. The van der Waals surface area contributed by atoms with E-state index in [0.717, 1.165) is 54.4 Å². The zero-order valence-electron chi connectivity index (χ0n) is 14.4. The largest absolute Gasteiger partial charge is 0.507 e. The topological polar surface area (TPSA) is 46.5 Å². The number of aliphatic hydroxyl groups excluding tert-OH is 1. The number of aryl methyl sites for hydroxylation is 1. The van der Waals surface area contributed by atoms with Gasteiger partial charge in [0.05, 0.1) is 0 Å². The lowest BCUT2D eigenvalue weighted by molar-refractivity contribution is -0.149. The van der Waals surface area contributed by atoms with Gasteiger partial charge in [-0.3, -0.25) is 0 Å². The van der Waals surface area contributed by atoms with Crippen molar-refractivity contribution in [1.29, 1.82) is 0 Å². The Morgan fingerprint density at radius 3 is 2.36 bits per heavy atom. The van der Waals surface area contributed by atoms with Gasteiger partial charge in [-0.05, 0) is 54.9 Å². The average molecular weight is 334 g/mol. The Hall–Kier alpha value is -2.55. The van der Waals surface area contributed by atoms with Gasteiger partial charge in [-0.25, -0.2) is 4.79 Å². The molecule has 0 atom stereocenters. The molecule has 1 N–H and O–H groups in total. The quantitative estimate of drug-likeness (QED) is 0.769. The molecule has 1 fully saturated rings. The van der Waals surface area contributed by atoms with Crippen LogP contribution in [-0.2, 0) is 9.53 Å². The number of carbonyl (C=O) groups is 1. The van der Waals surface area contributed by atoms with E-state index in [2.05, 4.69) is 12.1 Å². The number of hydrogen-bond donors (Lipinski definition) is 1. The van der Waals surface area contributed by atoms with E-state index in [0.29, 0.717) is 5.57 Å². The monoisotopic (exact) mass is 334 g/mol. The van der Waals surface area contributed by atoms with Gasteiger partial charge in [0.15, 0.2) is 11.4 Å². The van der Waals surface area contributed by atoms with Crippen molar-refractivity contribution < 1.29 is 14.6 Å². The Balaban J connectivity index is 1.74. The van der Waals surface area contributed by atoms with Crippen molar-refractivity contribution in [2.45, 2.75) is 44.6 Å². The Bertz CT molecular complexity index is 843. The lowest BCUT2D eigenvalue weighted by atomic mass is 9.82. The zero-order valence-corrected chi connectivity index (χ0v) is 14.4. The highest BCUT2D eigenvalue weighted by atomic mass is 16.6. The molecule has 0 saturated heterocycles. The van der Waals surface area contributed by atoms with Crippen LogP contribution in [0.5, 0.6) is 0 Å². The van der Waals surface area contributed by atoms with Crippen LogP contribution in [-0.4, -0.2) is 16.7 Å². The van der Waals surface area contributed by atoms with Crippen LogP contribution in [0.2, 0.25) is 0 Å². The Kier molecular flexibility index (Phi) is 3.87. The van der Waals surface area contributed by atoms with Crippen LogP contribution in [0.1, 0.15) is 43.2 Å². The minimum Gasteiger partial charge on any atom is -0.507 e. The minimum absolute atomic E-state index is 0.129. The maximum Gasteiger partial charge on any atom is 0.343 e. The number of benzene rings is 2. The molecule has 128 valence electrons. The van der Waals surface area contributed by atoms with Crippen LogP contribution in [0.25, 0.3) is 16.7 Å². The molecule has 3 nitrogen and oxygen atoms in total. The molecule has 25 heavy (non-hydrogen) atoms. The summed E-state index contributed by atoms with van der Waals surface area (Å²) in [7, 11) is 0. The van der Waals surface area contributed by atoms with Crippen LogP contribution in [0.3, 0.4) is 0 Å². The smallest absolute Gasteiger partial charge is 0.343 e. The molecule has 2 aromatic rings. The third-order valence-electron chi connectivity index (χ3n) is 5.42. The number of ether oxygens (including phenoxy) is 1. The minimum atomic E-state index is -0.781. The maximum absolute atomic E-state index is 12.5. The summed E-state index contributed by atoms with van der Waals surface area (Å²) in [6, 6.07) is 16.0. The summed E-state index contributed by atoms with van der Waals surface area (Å²) in [5.74, 6) is -0.268. The maximum atomic E-state index is 12.5. The van der Waals surface area contributed by atoms with Crippen molar-refractivity contribution in [2.24, 2.45) is 0 Å². The first-order valence-corrected chi connectivity index (χ1v) is 8.94. The van der Waals surface area contributed by atoms with E-state index in [4.69, 9.17) is 4.74 Å². The van der Waals surface area contributed by atoms with Gasteiger partial charge in [0, 0.05) is 0 Å². The highest BCUT2D eigenvalue weighted by Crippen LogP contribution is 2.45. The standard InChI is InChI=1S/C22H22O3/c1-15-14-17(10-11-18(15)16-8-4-2-5-9-16)19-20(23)22(25-21(19)24)12-6-3-7-13-22/h2,4-5,8-11,14,23H,3,6-7,12-13H2,1H3. The van der Waals surface area contributed by atoms with E-state index >= 15 is 0 Å². The predicted octanol–water partition coefficient (Wildman–Crippen LogP) is 5.19. The molecule has 0 aromatic heterocycles. The second kappa shape index (κ2) is 6.07. The van der Waals surface area contributed by atoms with Gasteiger partial charge in [-0.1, -0.05) is 55.0 Å². The summed E-state index contributed by atoms with van der Waals surface area (Å²) in [5.41, 5.74) is 3.63. The molecular weight excluding hydrogens is 312 g/mol. The van der Waals surface area contributed by atoms with Crippen molar-refractivity contribution in [3.05, 3.63) is 65.4 Å². The molecule has 0 bridgehead atoms. The summed E-state index contributed by atoms with van der Waals surface area (Å²) >= 11 is 0. The molecular formula is C22H22O3. The molecule has 2 aliphatic rings. The molecule has 1 aliphatic heterocycles. The third kappa shape index (κ3) is 2.64. The lowest BCUT2D eigenvalue weighted by Crippen LogP contribution is -2.34. The highest BCUT2D eigenvalue weighted by Gasteiger charge is 2.48. The van der Waals surface area contributed by atoms with E-state index < -0.39 is 11.6 Å². The fourth-order valence-corrected chi connectivity index (χ4v) is 4.08. The van der Waals surface area contributed by atoms with Crippen LogP contribution >= 0.6 is 0 Å². The Morgan fingerprint density at radius 1 is 0.960 bits per heavy atom. The summed E-state index contributed by atoms with van der Waals surface area (Å²) in [5, 5.41) is 10.8. The van der Waals surface area contributed by atoms with E-state index in [-0.39, 0.29) is 5.76 Å². The first-order chi connectivity index (χ1) is 12.1. The van der Waals surface area contributed by atoms with Gasteiger partial charge < -0.3 is 9.84 Å². The fraction of sp³-hybridized carbons (Fsp3) is 0.318. The van der Waals surface area contributed by atoms with Gasteiger partial charge in [-0.15, -0.1) is 0 Å². The molecule has 4 rings (SSSR count). The Morgan fingerprint density at radius 2 is 1.68 bits per heavy atom. The van der Waals surface area contributed by atoms with Crippen LogP contribution in [0, 0.1) is 6.92 Å². The molecule has 1 heterocycles. The average Bonchev–Trinajstić information content (AvgIpc) is 2.86. The van der Waals surface area contributed by atoms with Crippen LogP contribution in [0.15, 0.2) is 54.3 Å². The summed E-state index contributed by atoms with van der Waals surface area (Å²) in [6.45, 7) is 2.03. The van der Waals surface area contributed by atoms with Crippen molar-refractivity contribution in [3.8, 4) is 11.1 Å². The number of hydrogen-bond acceptors (Lipinski definition) is 3. The lowest BCUT2D eigenvalue weighted by Gasteiger charge is -2.31. The molecule has 0 amide bonds. The molecule has 3 heteroatoms. The zero-order chi connectivity index (χ0) is 17.4. The fourth-order valence-electron chi connectivity index (χ4n) is 4.08. The molecule has 1 aliphatic carbocycles. The van der Waals surface area contributed by atoms with Gasteiger partial charge in [0.25, 0.3) is 0 Å². The van der Waals surface area contributed by atoms with E-state index in [1.165, 1.54) is 0 Å². The molecule has 0 radical (unpaired) electrons. The van der Waals surface area contributed by atoms with Gasteiger partial charge in [-0.2, -0.15) is 0 Å². The van der Waals surface area contributed by atoms with Crippen LogP contribution < -0.4 is 0 Å².